The molecule has 0 heterocycles. The third kappa shape index (κ3) is 6.14. The van der Waals surface area contributed by atoms with E-state index in [1.807, 2.05) is 19.1 Å². The second kappa shape index (κ2) is 9.80. The summed E-state index contributed by atoms with van der Waals surface area (Å²) >= 11 is 8.69. The second-order valence-corrected chi connectivity index (χ2v) is 7.98. The van der Waals surface area contributed by atoms with Crippen molar-refractivity contribution in [2.24, 2.45) is 0 Å². The molecule has 5 nitrogen and oxygen atoms in total. The summed E-state index contributed by atoms with van der Waals surface area (Å²) in [7, 11) is 0. The Hall–Kier alpha value is -2.25. The molecule has 2 N–H and O–H groups in total. The third-order valence-corrected chi connectivity index (χ3v) is 5.11. The number of aryl methyl sites for hydroxylation is 1. The molecular weight excluding hydrogens is 440 g/mol. The lowest BCUT2D eigenvalue weighted by Crippen LogP contribution is -2.37. The highest BCUT2D eigenvalue weighted by Crippen LogP contribution is 2.32. The molecule has 2 aromatic rings. The highest BCUT2D eigenvalue weighted by atomic mass is 79.9. The first-order valence-electron chi connectivity index (χ1n) is 8.82. The van der Waals surface area contributed by atoms with Crippen molar-refractivity contribution in [2.45, 2.75) is 33.6 Å². The quantitative estimate of drug-likeness (QED) is 0.468. The van der Waals surface area contributed by atoms with Crippen LogP contribution in [0.25, 0.3) is 0 Å². The van der Waals surface area contributed by atoms with E-state index < -0.39 is 0 Å². The molecule has 0 radical (unpaired) electrons. The van der Waals surface area contributed by atoms with Gasteiger partial charge in [-0.2, -0.15) is 0 Å². The van der Waals surface area contributed by atoms with E-state index in [2.05, 4.69) is 40.4 Å². The summed E-state index contributed by atoms with van der Waals surface area (Å²) in [5, 5.41) is 5.63. The number of Topliss-reactive ketones (excluding diaryl/α,β-unsaturated/α-hetero) is 1. The number of carbonyl (C=O) groups is 2. The molecule has 0 aromatic heterocycles. The minimum absolute atomic E-state index is 0.0437. The number of amides is 1. The van der Waals surface area contributed by atoms with Crippen LogP contribution in [-0.4, -0.2) is 23.4 Å². The monoisotopic (exact) mass is 462 g/mol. The maximum absolute atomic E-state index is 12.2. The predicted molar refractivity (Wildman–Crippen MR) is 119 cm³/mol. The van der Waals surface area contributed by atoms with Gasteiger partial charge in [-0.15, -0.1) is 0 Å². The number of rotatable bonds is 6. The Labute approximate surface area is 179 Å². The van der Waals surface area contributed by atoms with Gasteiger partial charge in [0.1, 0.15) is 5.75 Å². The molecule has 0 aliphatic carbocycles. The van der Waals surface area contributed by atoms with Crippen molar-refractivity contribution in [3.63, 3.8) is 0 Å². The number of ether oxygens (including phenoxy) is 1. The molecule has 0 aliphatic rings. The summed E-state index contributed by atoms with van der Waals surface area (Å²) in [6.45, 7) is 7.44. The van der Waals surface area contributed by atoms with Gasteiger partial charge < -0.3 is 10.1 Å². The van der Waals surface area contributed by atoms with Crippen LogP contribution in [0.2, 0.25) is 0 Å². The highest BCUT2D eigenvalue weighted by molar-refractivity contribution is 9.10. The fourth-order valence-electron chi connectivity index (χ4n) is 2.53. The molecule has 28 heavy (non-hydrogen) atoms. The van der Waals surface area contributed by atoms with Gasteiger partial charge in [-0.05, 0) is 67.4 Å². The Morgan fingerprint density at radius 3 is 2.57 bits per heavy atom. The predicted octanol–water partition coefficient (Wildman–Crippen LogP) is 4.98. The Kier molecular flexibility index (Phi) is 7.71. The number of benzene rings is 2. The number of ketones is 1. The van der Waals surface area contributed by atoms with Gasteiger partial charge in [-0.25, -0.2) is 0 Å². The Morgan fingerprint density at radius 2 is 1.93 bits per heavy atom. The van der Waals surface area contributed by atoms with Gasteiger partial charge in [0.15, 0.2) is 17.5 Å². The lowest BCUT2D eigenvalue weighted by atomic mass is 10.0. The number of halogens is 1. The van der Waals surface area contributed by atoms with Gasteiger partial charge in [0, 0.05) is 15.7 Å². The first-order chi connectivity index (χ1) is 13.2. The molecule has 0 saturated carbocycles. The zero-order valence-electron chi connectivity index (χ0n) is 16.3. The topological polar surface area (TPSA) is 67.4 Å². The normalized spacial score (nSPS) is 10.5. The molecule has 7 heteroatoms. The van der Waals surface area contributed by atoms with Crippen LogP contribution >= 0.6 is 28.1 Å². The molecule has 2 aromatic carbocycles. The van der Waals surface area contributed by atoms with E-state index in [1.165, 1.54) is 6.92 Å². The van der Waals surface area contributed by atoms with Crippen molar-refractivity contribution < 1.29 is 14.3 Å². The van der Waals surface area contributed by atoms with Crippen LogP contribution in [0, 0.1) is 6.92 Å². The van der Waals surface area contributed by atoms with Gasteiger partial charge in [-0.3, -0.25) is 14.9 Å². The molecule has 0 fully saturated rings. The smallest absolute Gasteiger partial charge is 0.264 e. The van der Waals surface area contributed by atoms with Crippen molar-refractivity contribution >= 4 is 50.6 Å². The lowest BCUT2D eigenvalue weighted by molar-refractivity contribution is -0.121. The molecule has 0 unspecified atom stereocenters. The van der Waals surface area contributed by atoms with Crippen LogP contribution in [0.15, 0.2) is 40.9 Å². The molecule has 2 rings (SSSR count). The maximum atomic E-state index is 12.2. The Morgan fingerprint density at radius 1 is 1.21 bits per heavy atom. The number of hydrogen-bond donors (Lipinski definition) is 2. The molecule has 0 bridgehead atoms. The van der Waals surface area contributed by atoms with Gasteiger partial charge in [0.25, 0.3) is 5.91 Å². The summed E-state index contributed by atoms with van der Waals surface area (Å²) < 4.78 is 6.74. The van der Waals surface area contributed by atoms with E-state index in [1.54, 1.807) is 24.3 Å². The molecule has 0 saturated heterocycles. The zero-order valence-corrected chi connectivity index (χ0v) is 18.7. The number of thiocarbonyl (C=S) groups is 1. The van der Waals surface area contributed by atoms with Crippen molar-refractivity contribution in [3.8, 4) is 5.75 Å². The molecular formula is C21H23BrN2O3S. The van der Waals surface area contributed by atoms with Crippen molar-refractivity contribution in [1.29, 1.82) is 0 Å². The number of anilines is 1. The van der Waals surface area contributed by atoms with Gasteiger partial charge >= 0.3 is 0 Å². The fraction of sp³-hybridized carbons (Fsp3) is 0.286. The molecule has 0 atom stereocenters. The lowest BCUT2D eigenvalue weighted by Gasteiger charge is -2.16. The summed E-state index contributed by atoms with van der Waals surface area (Å²) in [6.07, 6.45) is 0. The SMILES string of the molecule is CC(=O)c1cccc(NC(=S)NC(=O)COc2cc(C)c(Br)cc2C(C)C)c1. The molecule has 148 valence electrons. The van der Waals surface area contributed by atoms with Gasteiger partial charge in [-0.1, -0.05) is 41.9 Å². The zero-order chi connectivity index (χ0) is 20.8. The largest absolute Gasteiger partial charge is 0.483 e. The van der Waals surface area contributed by atoms with E-state index in [-0.39, 0.29) is 29.3 Å². The standard InChI is InChI=1S/C21H23BrN2O3S/c1-12(2)17-10-18(22)13(3)8-19(17)27-11-20(26)24-21(28)23-16-7-5-6-15(9-16)14(4)25/h5-10,12H,11H2,1-4H3,(H2,23,24,26,28). The van der Waals surface area contributed by atoms with Crippen LogP contribution in [0.4, 0.5) is 5.69 Å². The van der Waals surface area contributed by atoms with E-state index >= 15 is 0 Å². The van der Waals surface area contributed by atoms with E-state index in [0.717, 1.165) is 15.6 Å². The third-order valence-electron chi connectivity index (χ3n) is 4.05. The summed E-state index contributed by atoms with van der Waals surface area (Å²) in [5.74, 6) is 0.526. The van der Waals surface area contributed by atoms with Crippen molar-refractivity contribution in [2.75, 3.05) is 11.9 Å². The van der Waals surface area contributed by atoms with E-state index in [9.17, 15) is 9.59 Å². The van der Waals surface area contributed by atoms with Crippen LogP contribution in [0.1, 0.15) is 48.2 Å². The van der Waals surface area contributed by atoms with E-state index in [4.69, 9.17) is 17.0 Å². The van der Waals surface area contributed by atoms with Crippen LogP contribution in [0.3, 0.4) is 0 Å². The Bertz CT molecular complexity index is 913. The highest BCUT2D eigenvalue weighted by Gasteiger charge is 2.13. The first kappa shape index (κ1) is 22.0. The minimum Gasteiger partial charge on any atom is -0.483 e. The summed E-state index contributed by atoms with van der Waals surface area (Å²) in [4.78, 5) is 23.6. The molecule has 0 aliphatic heterocycles. The second-order valence-electron chi connectivity index (χ2n) is 6.72. The average molecular weight is 463 g/mol. The van der Waals surface area contributed by atoms with Crippen LogP contribution in [0.5, 0.6) is 5.75 Å². The number of nitrogens with one attached hydrogen (secondary N) is 2. The maximum Gasteiger partial charge on any atom is 0.264 e. The molecule has 1 amide bonds. The first-order valence-corrected chi connectivity index (χ1v) is 10.0. The summed E-state index contributed by atoms with van der Waals surface area (Å²) in [5.41, 5.74) is 3.24. The number of hydrogen-bond acceptors (Lipinski definition) is 4. The summed E-state index contributed by atoms with van der Waals surface area (Å²) in [6, 6.07) is 10.8. The number of carbonyl (C=O) groups excluding carboxylic acids is 2. The van der Waals surface area contributed by atoms with E-state index in [0.29, 0.717) is 17.0 Å². The van der Waals surface area contributed by atoms with Crippen LogP contribution in [-0.2, 0) is 4.79 Å². The average Bonchev–Trinajstić information content (AvgIpc) is 2.62. The minimum atomic E-state index is -0.365. The van der Waals surface area contributed by atoms with Gasteiger partial charge in [0.05, 0.1) is 0 Å². The fourth-order valence-corrected chi connectivity index (χ4v) is 3.12. The van der Waals surface area contributed by atoms with Crippen molar-refractivity contribution in [1.82, 2.24) is 5.32 Å². The van der Waals surface area contributed by atoms with Crippen molar-refractivity contribution in [3.05, 3.63) is 57.6 Å². The van der Waals surface area contributed by atoms with Crippen LogP contribution < -0.4 is 15.4 Å². The van der Waals surface area contributed by atoms with Gasteiger partial charge in [0.2, 0.25) is 0 Å². The molecule has 0 spiro atoms. The Balaban J connectivity index is 1.96.